The molecule has 0 aliphatic carbocycles. The molecule has 1 aromatic heterocycles. The zero-order valence-corrected chi connectivity index (χ0v) is 17.3. The molecule has 0 saturated carbocycles. The van der Waals surface area contributed by atoms with Crippen LogP contribution in [0.1, 0.15) is 18.1 Å². The second kappa shape index (κ2) is 8.54. The topological polar surface area (TPSA) is 37.4 Å². The third kappa shape index (κ3) is 4.20. The zero-order chi connectivity index (χ0) is 20.2. The van der Waals surface area contributed by atoms with E-state index in [1.165, 1.54) is 10.9 Å². The summed E-state index contributed by atoms with van der Waals surface area (Å²) in [4.78, 5) is 8.08. The fourth-order valence-electron chi connectivity index (χ4n) is 3.57. The number of para-hydroxylation sites is 1. The van der Waals surface area contributed by atoms with Gasteiger partial charge in [-0.3, -0.25) is 4.99 Å². The number of aromatic nitrogens is 1. The molecule has 0 amide bonds. The van der Waals surface area contributed by atoms with Crippen molar-refractivity contribution in [3.63, 3.8) is 0 Å². The van der Waals surface area contributed by atoms with E-state index in [1.54, 1.807) is 7.11 Å². The van der Waals surface area contributed by atoms with Crippen LogP contribution in [0.25, 0.3) is 22.0 Å². The van der Waals surface area contributed by atoms with Crippen LogP contribution in [0.2, 0.25) is 5.02 Å². The summed E-state index contributed by atoms with van der Waals surface area (Å²) < 4.78 is 5.47. The smallest absolute Gasteiger partial charge is 0.126 e. The Morgan fingerprint density at radius 2 is 1.83 bits per heavy atom. The van der Waals surface area contributed by atoms with Gasteiger partial charge in [-0.05, 0) is 54.3 Å². The molecule has 0 saturated heterocycles. The number of benzene rings is 3. The molecule has 4 aromatic rings. The molecule has 3 aromatic carbocycles. The first kappa shape index (κ1) is 19.3. The van der Waals surface area contributed by atoms with Crippen LogP contribution >= 0.6 is 11.6 Å². The average molecular weight is 403 g/mol. The summed E-state index contributed by atoms with van der Waals surface area (Å²) in [5, 5.41) is 1.93. The number of ether oxygens (including phenoxy) is 1. The number of aliphatic imine (C=N–C) groups is 1. The van der Waals surface area contributed by atoms with E-state index in [4.69, 9.17) is 21.3 Å². The van der Waals surface area contributed by atoms with Gasteiger partial charge in [-0.1, -0.05) is 54.1 Å². The largest absolute Gasteiger partial charge is 0.496 e. The van der Waals surface area contributed by atoms with Crippen LogP contribution in [0, 0.1) is 0 Å². The molecule has 0 aliphatic rings. The monoisotopic (exact) mass is 402 g/mol. The zero-order valence-electron chi connectivity index (χ0n) is 16.6. The van der Waals surface area contributed by atoms with Gasteiger partial charge in [0, 0.05) is 39.9 Å². The molecule has 3 nitrogen and oxygen atoms in total. The van der Waals surface area contributed by atoms with Gasteiger partial charge in [0.25, 0.3) is 0 Å². The first-order chi connectivity index (χ1) is 14.2. The van der Waals surface area contributed by atoms with Crippen molar-refractivity contribution in [3.05, 3.63) is 89.1 Å². The van der Waals surface area contributed by atoms with Gasteiger partial charge in [0.1, 0.15) is 5.75 Å². The normalized spacial score (nSPS) is 11.8. The quantitative estimate of drug-likeness (QED) is 0.365. The number of hydrogen-bond acceptors (Lipinski definition) is 2. The average Bonchev–Trinajstić information content (AvgIpc) is 3.15. The van der Waals surface area contributed by atoms with E-state index in [2.05, 4.69) is 42.2 Å². The third-order valence-corrected chi connectivity index (χ3v) is 5.42. The molecule has 0 fully saturated rings. The SMILES string of the molecule is COc1ccccc1-c1ccc(C(C)=NCCc2c[nH]c3ccc(Cl)cc23)cc1. The van der Waals surface area contributed by atoms with E-state index < -0.39 is 0 Å². The summed E-state index contributed by atoms with van der Waals surface area (Å²) in [6.07, 6.45) is 2.92. The highest BCUT2D eigenvalue weighted by molar-refractivity contribution is 6.31. The Morgan fingerprint density at radius 3 is 2.62 bits per heavy atom. The lowest BCUT2D eigenvalue weighted by Crippen LogP contribution is -1.98. The van der Waals surface area contributed by atoms with Crippen molar-refractivity contribution in [1.82, 2.24) is 4.98 Å². The second-order valence-corrected chi connectivity index (χ2v) is 7.44. The predicted molar refractivity (Wildman–Crippen MR) is 123 cm³/mol. The minimum absolute atomic E-state index is 0.736. The predicted octanol–water partition coefficient (Wildman–Crippen LogP) is 6.55. The van der Waals surface area contributed by atoms with Crippen molar-refractivity contribution in [2.75, 3.05) is 13.7 Å². The molecular weight excluding hydrogens is 380 g/mol. The lowest BCUT2D eigenvalue weighted by molar-refractivity contribution is 0.416. The van der Waals surface area contributed by atoms with Crippen molar-refractivity contribution < 1.29 is 4.74 Å². The van der Waals surface area contributed by atoms with E-state index in [0.29, 0.717) is 0 Å². The molecular formula is C25H23ClN2O. The maximum Gasteiger partial charge on any atom is 0.126 e. The lowest BCUT2D eigenvalue weighted by atomic mass is 10.0. The summed E-state index contributed by atoms with van der Waals surface area (Å²) in [5.41, 5.74) is 6.74. The molecule has 29 heavy (non-hydrogen) atoms. The molecule has 1 heterocycles. The minimum Gasteiger partial charge on any atom is -0.496 e. The van der Waals surface area contributed by atoms with E-state index in [1.807, 2.05) is 42.6 Å². The molecule has 0 unspecified atom stereocenters. The second-order valence-electron chi connectivity index (χ2n) is 7.00. The number of fused-ring (bicyclic) bond motifs is 1. The Kier molecular flexibility index (Phi) is 5.68. The van der Waals surface area contributed by atoms with Crippen LogP contribution in [0.4, 0.5) is 0 Å². The summed E-state index contributed by atoms with van der Waals surface area (Å²) >= 11 is 6.14. The summed E-state index contributed by atoms with van der Waals surface area (Å²) in [6.45, 7) is 2.80. The van der Waals surface area contributed by atoms with Crippen LogP contribution in [-0.2, 0) is 6.42 Å². The van der Waals surface area contributed by atoms with Crippen molar-refractivity contribution >= 4 is 28.2 Å². The Labute approximate surface area is 176 Å². The molecule has 0 atom stereocenters. The number of aromatic amines is 1. The molecule has 0 aliphatic heterocycles. The Morgan fingerprint density at radius 1 is 1.03 bits per heavy atom. The first-order valence-corrected chi connectivity index (χ1v) is 10.0. The molecule has 1 N–H and O–H groups in total. The van der Waals surface area contributed by atoms with Gasteiger partial charge < -0.3 is 9.72 Å². The Hall–Kier alpha value is -3.04. The number of methoxy groups -OCH3 is 1. The van der Waals surface area contributed by atoms with Crippen LogP contribution in [-0.4, -0.2) is 24.4 Å². The summed E-state index contributed by atoms with van der Waals surface area (Å²) in [7, 11) is 1.70. The molecule has 146 valence electrons. The lowest BCUT2D eigenvalue weighted by Gasteiger charge is -2.09. The number of H-pyrrole nitrogens is 1. The van der Waals surface area contributed by atoms with Crippen molar-refractivity contribution in [1.29, 1.82) is 0 Å². The van der Waals surface area contributed by atoms with E-state index in [0.717, 1.165) is 51.7 Å². The number of hydrogen-bond donors (Lipinski definition) is 1. The summed E-state index contributed by atoms with van der Waals surface area (Å²) in [6, 6.07) is 22.5. The van der Waals surface area contributed by atoms with Crippen LogP contribution < -0.4 is 4.74 Å². The van der Waals surface area contributed by atoms with E-state index in [-0.39, 0.29) is 0 Å². The molecule has 0 spiro atoms. The van der Waals surface area contributed by atoms with Gasteiger partial charge in [-0.2, -0.15) is 0 Å². The number of nitrogens with one attached hydrogen (secondary N) is 1. The molecule has 4 heteroatoms. The first-order valence-electron chi connectivity index (χ1n) is 9.66. The highest BCUT2D eigenvalue weighted by atomic mass is 35.5. The summed E-state index contributed by atoms with van der Waals surface area (Å²) in [5.74, 6) is 0.879. The maximum absolute atomic E-state index is 6.14. The van der Waals surface area contributed by atoms with Crippen molar-refractivity contribution in [2.45, 2.75) is 13.3 Å². The fourth-order valence-corrected chi connectivity index (χ4v) is 3.74. The molecule has 4 rings (SSSR count). The minimum atomic E-state index is 0.736. The van der Waals surface area contributed by atoms with E-state index >= 15 is 0 Å². The number of rotatable bonds is 6. The highest BCUT2D eigenvalue weighted by Gasteiger charge is 2.06. The molecule has 0 bridgehead atoms. The van der Waals surface area contributed by atoms with Crippen LogP contribution in [0.5, 0.6) is 5.75 Å². The highest BCUT2D eigenvalue weighted by Crippen LogP contribution is 2.29. The van der Waals surface area contributed by atoms with Crippen molar-refractivity contribution in [3.8, 4) is 16.9 Å². The van der Waals surface area contributed by atoms with Gasteiger partial charge in [-0.25, -0.2) is 0 Å². The van der Waals surface area contributed by atoms with Gasteiger partial charge in [0.05, 0.1) is 7.11 Å². The van der Waals surface area contributed by atoms with E-state index in [9.17, 15) is 0 Å². The Balaban J connectivity index is 1.47. The number of halogens is 1. The van der Waals surface area contributed by atoms with Crippen LogP contribution in [0.15, 0.2) is 77.9 Å². The number of nitrogens with zero attached hydrogens (tertiary/aromatic N) is 1. The third-order valence-electron chi connectivity index (χ3n) is 5.18. The van der Waals surface area contributed by atoms with Crippen molar-refractivity contribution in [2.24, 2.45) is 4.99 Å². The Bertz CT molecular complexity index is 1160. The maximum atomic E-state index is 6.14. The van der Waals surface area contributed by atoms with Gasteiger partial charge in [0.2, 0.25) is 0 Å². The van der Waals surface area contributed by atoms with Gasteiger partial charge >= 0.3 is 0 Å². The van der Waals surface area contributed by atoms with Crippen LogP contribution in [0.3, 0.4) is 0 Å². The molecule has 0 radical (unpaired) electrons. The van der Waals surface area contributed by atoms with Gasteiger partial charge in [0.15, 0.2) is 0 Å². The standard InChI is InChI=1S/C25H23ClN2O/c1-17(27-14-13-20-16-28-24-12-11-21(26)15-23(20)24)18-7-9-19(10-8-18)22-5-3-4-6-25(22)29-2/h3-12,15-16,28H,13-14H2,1-2H3. The van der Waals surface area contributed by atoms with Gasteiger partial charge in [-0.15, -0.1) is 0 Å². The fraction of sp³-hybridized carbons (Fsp3) is 0.160.